The number of nitro groups is 1. The van der Waals surface area contributed by atoms with Gasteiger partial charge in [-0.15, -0.1) is 0 Å². The van der Waals surface area contributed by atoms with Crippen LogP contribution in [0.1, 0.15) is 6.92 Å². The Hall–Kier alpha value is -3.08. The number of hydrogen-bond donors (Lipinski definition) is 1. The second-order valence-corrected chi connectivity index (χ2v) is 3.82. The van der Waals surface area contributed by atoms with Crippen molar-refractivity contribution in [2.24, 2.45) is 0 Å². The molecule has 0 heterocycles. The first-order valence-corrected chi connectivity index (χ1v) is 6.02. The number of hydrazine groups is 1. The van der Waals surface area contributed by atoms with Crippen LogP contribution in [0.3, 0.4) is 0 Å². The number of carbonyl (C=O) groups excluding carboxylic acids is 1. The monoisotopic (exact) mass is 290 g/mol. The molecule has 0 aliphatic rings. The number of para-hydroxylation sites is 2. The minimum absolute atomic E-state index is 0.101. The van der Waals surface area contributed by atoms with Gasteiger partial charge in [0.2, 0.25) is 0 Å². The average Bonchev–Trinajstić information content (AvgIpc) is 2.47. The lowest BCUT2D eigenvalue weighted by molar-refractivity contribution is -0.384. The Bertz CT molecular complexity index is 606. The lowest BCUT2D eigenvalue weighted by atomic mass is 10.2. The molecule has 0 aromatic heterocycles. The van der Waals surface area contributed by atoms with Crippen LogP contribution in [0.2, 0.25) is 0 Å². The molecule has 0 bridgehead atoms. The van der Waals surface area contributed by atoms with E-state index in [9.17, 15) is 14.9 Å². The lowest BCUT2D eigenvalue weighted by Crippen LogP contribution is -2.31. The van der Waals surface area contributed by atoms with Crippen molar-refractivity contribution in [3.8, 4) is 6.07 Å². The number of anilines is 1. The highest BCUT2D eigenvalue weighted by atomic mass is 16.6. The van der Waals surface area contributed by atoms with Gasteiger partial charge in [0.25, 0.3) is 5.69 Å². The van der Waals surface area contributed by atoms with Crippen molar-refractivity contribution in [3.05, 3.63) is 46.2 Å². The molecule has 0 fully saturated rings. The molecule has 0 spiro atoms. The molecule has 1 aromatic rings. The minimum Gasteiger partial charge on any atom is -0.462 e. The van der Waals surface area contributed by atoms with E-state index < -0.39 is 10.9 Å². The molecular formula is C13H14N4O4. The van der Waals surface area contributed by atoms with Crippen molar-refractivity contribution >= 4 is 17.3 Å². The molecule has 1 aromatic carbocycles. The van der Waals surface area contributed by atoms with Gasteiger partial charge in [-0.2, -0.15) is 5.26 Å². The van der Waals surface area contributed by atoms with E-state index in [1.54, 1.807) is 25.1 Å². The SMILES string of the molecule is CCOC(=O)/C(C#N)=C\NN(C)c1ccccc1[N+](=O)[O-]. The Balaban J connectivity index is 2.91. The number of nitrogens with one attached hydrogen (secondary N) is 1. The third-order valence-electron chi connectivity index (χ3n) is 2.46. The van der Waals surface area contributed by atoms with Gasteiger partial charge in [-0.05, 0) is 13.0 Å². The van der Waals surface area contributed by atoms with E-state index in [0.29, 0.717) is 5.69 Å². The van der Waals surface area contributed by atoms with E-state index in [0.717, 1.165) is 6.20 Å². The summed E-state index contributed by atoms with van der Waals surface area (Å²) in [6, 6.07) is 7.77. The fourth-order valence-electron chi connectivity index (χ4n) is 1.48. The Labute approximate surface area is 121 Å². The number of benzene rings is 1. The van der Waals surface area contributed by atoms with Crippen LogP contribution in [0.4, 0.5) is 11.4 Å². The van der Waals surface area contributed by atoms with Crippen LogP contribution in [0.15, 0.2) is 36.0 Å². The van der Waals surface area contributed by atoms with E-state index in [-0.39, 0.29) is 17.9 Å². The van der Waals surface area contributed by atoms with Crippen LogP contribution in [0.5, 0.6) is 0 Å². The molecule has 8 heteroatoms. The molecule has 0 saturated carbocycles. The summed E-state index contributed by atoms with van der Waals surface area (Å²) >= 11 is 0. The molecule has 1 rings (SSSR count). The summed E-state index contributed by atoms with van der Waals surface area (Å²) in [7, 11) is 1.53. The molecular weight excluding hydrogens is 276 g/mol. The van der Waals surface area contributed by atoms with Gasteiger partial charge < -0.3 is 10.2 Å². The highest BCUT2D eigenvalue weighted by Gasteiger charge is 2.16. The third kappa shape index (κ3) is 4.21. The summed E-state index contributed by atoms with van der Waals surface area (Å²) in [5.74, 6) is -0.761. The Morgan fingerprint density at radius 2 is 2.24 bits per heavy atom. The maximum absolute atomic E-state index is 11.4. The van der Waals surface area contributed by atoms with Crippen molar-refractivity contribution in [2.75, 3.05) is 18.7 Å². The molecule has 8 nitrogen and oxygen atoms in total. The van der Waals surface area contributed by atoms with Gasteiger partial charge in [0, 0.05) is 19.3 Å². The standard InChI is InChI=1S/C13H14N4O4/c1-3-21-13(18)10(8-14)9-15-16(2)11-6-4-5-7-12(11)17(19)20/h4-7,9,15H,3H2,1-2H3/b10-9-. The summed E-state index contributed by atoms with van der Waals surface area (Å²) in [6.45, 7) is 1.78. The zero-order valence-electron chi connectivity index (χ0n) is 11.6. The summed E-state index contributed by atoms with van der Waals surface area (Å²) in [5.41, 5.74) is 2.58. The molecule has 0 unspecified atom stereocenters. The van der Waals surface area contributed by atoms with E-state index >= 15 is 0 Å². The lowest BCUT2D eigenvalue weighted by Gasteiger charge is -2.18. The Kier molecular flexibility index (Phi) is 5.70. The zero-order chi connectivity index (χ0) is 15.8. The van der Waals surface area contributed by atoms with Crippen LogP contribution in [0, 0.1) is 21.4 Å². The number of carbonyl (C=O) groups is 1. The molecule has 0 atom stereocenters. The number of ether oxygens (including phenoxy) is 1. The molecule has 0 aliphatic carbocycles. The van der Waals surface area contributed by atoms with E-state index in [2.05, 4.69) is 5.43 Å². The summed E-state index contributed by atoms with van der Waals surface area (Å²) < 4.78 is 4.70. The van der Waals surface area contributed by atoms with Crippen LogP contribution in [0.25, 0.3) is 0 Å². The summed E-state index contributed by atoms with van der Waals surface area (Å²) in [5, 5.41) is 21.1. The van der Waals surface area contributed by atoms with Crippen LogP contribution >= 0.6 is 0 Å². The number of hydrogen-bond acceptors (Lipinski definition) is 7. The molecule has 110 valence electrons. The van der Waals surface area contributed by atoms with Crippen molar-refractivity contribution in [2.45, 2.75) is 6.92 Å². The number of nitriles is 1. The Morgan fingerprint density at radius 1 is 1.57 bits per heavy atom. The topological polar surface area (TPSA) is 108 Å². The van der Waals surface area contributed by atoms with E-state index in [4.69, 9.17) is 10.00 Å². The van der Waals surface area contributed by atoms with Gasteiger partial charge in [0.05, 0.1) is 11.5 Å². The van der Waals surface area contributed by atoms with E-state index in [1.807, 2.05) is 0 Å². The predicted octanol–water partition coefficient (Wildman–Crippen LogP) is 1.51. The molecule has 0 saturated heterocycles. The first-order chi connectivity index (χ1) is 10.0. The minimum atomic E-state index is -0.761. The van der Waals surface area contributed by atoms with Gasteiger partial charge in [0.15, 0.2) is 5.57 Å². The fraction of sp³-hybridized carbons (Fsp3) is 0.231. The highest BCUT2D eigenvalue weighted by Crippen LogP contribution is 2.25. The quantitative estimate of drug-likeness (QED) is 0.278. The van der Waals surface area contributed by atoms with Gasteiger partial charge in [0.1, 0.15) is 11.8 Å². The Morgan fingerprint density at radius 3 is 2.81 bits per heavy atom. The van der Waals surface area contributed by atoms with Crippen LogP contribution < -0.4 is 10.4 Å². The second-order valence-electron chi connectivity index (χ2n) is 3.82. The van der Waals surface area contributed by atoms with Gasteiger partial charge in [-0.1, -0.05) is 12.1 Å². The number of rotatable bonds is 6. The normalized spacial score (nSPS) is 10.4. The maximum Gasteiger partial charge on any atom is 0.350 e. The summed E-state index contributed by atoms with van der Waals surface area (Å²) in [4.78, 5) is 21.8. The largest absolute Gasteiger partial charge is 0.462 e. The van der Waals surface area contributed by atoms with Gasteiger partial charge >= 0.3 is 5.97 Å². The molecule has 21 heavy (non-hydrogen) atoms. The second kappa shape index (κ2) is 7.49. The number of esters is 1. The first-order valence-electron chi connectivity index (χ1n) is 6.02. The van der Waals surface area contributed by atoms with Gasteiger partial charge in [-0.25, -0.2) is 4.79 Å². The average molecular weight is 290 g/mol. The molecule has 1 N–H and O–H groups in total. The summed E-state index contributed by atoms with van der Waals surface area (Å²) in [6.07, 6.45) is 1.13. The van der Waals surface area contributed by atoms with Gasteiger partial charge in [-0.3, -0.25) is 15.1 Å². The van der Waals surface area contributed by atoms with Crippen molar-refractivity contribution in [1.82, 2.24) is 5.43 Å². The van der Waals surface area contributed by atoms with Crippen LogP contribution in [-0.4, -0.2) is 24.5 Å². The highest BCUT2D eigenvalue weighted by molar-refractivity contribution is 5.92. The molecule has 0 aliphatic heterocycles. The molecule has 0 radical (unpaired) electrons. The maximum atomic E-state index is 11.4. The zero-order valence-corrected chi connectivity index (χ0v) is 11.6. The van der Waals surface area contributed by atoms with E-state index in [1.165, 1.54) is 24.2 Å². The van der Waals surface area contributed by atoms with Crippen LogP contribution in [-0.2, 0) is 9.53 Å². The van der Waals surface area contributed by atoms with Crippen molar-refractivity contribution in [3.63, 3.8) is 0 Å². The number of nitrogens with zero attached hydrogens (tertiary/aromatic N) is 3. The van der Waals surface area contributed by atoms with Crippen molar-refractivity contribution in [1.29, 1.82) is 5.26 Å². The predicted molar refractivity (Wildman–Crippen MR) is 75.0 cm³/mol. The smallest absolute Gasteiger partial charge is 0.350 e. The fourth-order valence-corrected chi connectivity index (χ4v) is 1.48. The number of nitro benzene ring substituents is 1. The third-order valence-corrected chi connectivity index (χ3v) is 2.46. The van der Waals surface area contributed by atoms with Crippen molar-refractivity contribution < 1.29 is 14.5 Å². The first kappa shape index (κ1) is 16.0. The molecule has 0 amide bonds.